The highest BCUT2D eigenvalue weighted by molar-refractivity contribution is 7.91. The average Bonchev–Trinajstić information content (AvgIpc) is 2.54. The molecule has 0 spiro atoms. The van der Waals surface area contributed by atoms with Gasteiger partial charge in [0.25, 0.3) is 0 Å². The van der Waals surface area contributed by atoms with E-state index >= 15 is 0 Å². The third-order valence-corrected chi connectivity index (χ3v) is 4.46. The fraction of sp³-hybridized carbons (Fsp3) is 0.200. The first kappa shape index (κ1) is 17.0. The summed E-state index contributed by atoms with van der Waals surface area (Å²) in [5, 5.41) is 2.69. The predicted octanol–water partition coefficient (Wildman–Crippen LogP) is 1.94. The average molecular weight is 340 g/mol. The van der Waals surface area contributed by atoms with Gasteiger partial charge >= 0.3 is 5.76 Å². The lowest BCUT2D eigenvalue weighted by Crippen LogP contribution is -2.24. The van der Waals surface area contributed by atoms with E-state index in [1.54, 1.807) is 18.5 Å². The van der Waals surface area contributed by atoms with E-state index in [-0.39, 0.29) is 12.3 Å². The molecule has 0 radical (unpaired) electrons. The molecule has 122 valence electrons. The van der Waals surface area contributed by atoms with Crippen LogP contribution < -0.4 is 5.32 Å². The monoisotopic (exact) mass is 340 g/mol. The number of carbonyl (C=O) groups is 1. The van der Waals surface area contributed by atoms with E-state index in [9.17, 15) is 22.0 Å². The number of hydrogen-bond donors (Lipinski definition) is 1. The second-order valence-electron chi connectivity index (χ2n) is 4.76. The minimum atomic E-state index is -4.61. The van der Waals surface area contributed by atoms with Crippen molar-refractivity contribution in [2.75, 3.05) is 0 Å². The number of amides is 1. The number of alkyl halides is 2. The molecule has 1 N–H and O–H groups in total. The molecule has 23 heavy (non-hydrogen) atoms. The van der Waals surface area contributed by atoms with Crippen LogP contribution >= 0.6 is 0 Å². The van der Waals surface area contributed by atoms with Crippen LogP contribution in [0.4, 0.5) is 8.78 Å². The van der Waals surface area contributed by atoms with Gasteiger partial charge in [0.15, 0.2) is 0 Å². The summed E-state index contributed by atoms with van der Waals surface area (Å²) in [6.45, 7) is 0.324. The number of rotatable bonds is 6. The zero-order valence-corrected chi connectivity index (χ0v) is 12.8. The summed E-state index contributed by atoms with van der Waals surface area (Å²) in [7, 11) is -4.61. The molecule has 0 saturated carbocycles. The molecule has 2 aromatic rings. The van der Waals surface area contributed by atoms with Crippen LogP contribution in [-0.2, 0) is 27.6 Å². The molecule has 0 aliphatic rings. The Labute approximate surface area is 132 Å². The van der Waals surface area contributed by atoms with Crippen molar-refractivity contribution in [3.05, 3.63) is 59.9 Å². The molecule has 1 aromatic carbocycles. The summed E-state index contributed by atoms with van der Waals surface area (Å²) in [6.07, 6.45) is 3.28. The van der Waals surface area contributed by atoms with Crippen LogP contribution in [0.5, 0.6) is 0 Å². The van der Waals surface area contributed by atoms with Crippen LogP contribution in [0.2, 0.25) is 0 Å². The second-order valence-corrected chi connectivity index (χ2v) is 6.68. The number of nitrogens with one attached hydrogen (secondary N) is 1. The van der Waals surface area contributed by atoms with E-state index in [2.05, 4.69) is 10.3 Å². The summed E-state index contributed by atoms with van der Waals surface area (Å²) in [4.78, 5) is 15.3. The van der Waals surface area contributed by atoms with Gasteiger partial charge in [0, 0.05) is 18.9 Å². The van der Waals surface area contributed by atoms with E-state index in [1.165, 1.54) is 12.1 Å². The first-order valence-corrected chi connectivity index (χ1v) is 8.21. The zero-order valence-electron chi connectivity index (χ0n) is 11.9. The minimum Gasteiger partial charge on any atom is -0.352 e. The Morgan fingerprint density at radius 3 is 2.39 bits per heavy atom. The number of sulfone groups is 1. The molecule has 0 bridgehead atoms. The molecular weight excluding hydrogens is 326 g/mol. The third-order valence-electron chi connectivity index (χ3n) is 3.06. The van der Waals surface area contributed by atoms with Crippen LogP contribution in [0.15, 0.2) is 53.7 Å². The third kappa shape index (κ3) is 4.56. The predicted molar refractivity (Wildman–Crippen MR) is 79.4 cm³/mol. The Hall–Kier alpha value is -2.35. The molecule has 1 heterocycles. The fourth-order valence-corrected chi connectivity index (χ4v) is 2.57. The van der Waals surface area contributed by atoms with Gasteiger partial charge < -0.3 is 5.32 Å². The van der Waals surface area contributed by atoms with Gasteiger partial charge in [0.2, 0.25) is 15.7 Å². The van der Waals surface area contributed by atoms with Crippen LogP contribution in [0.1, 0.15) is 11.1 Å². The van der Waals surface area contributed by atoms with Crippen LogP contribution in [0.3, 0.4) is 0 Å². The summed E-state index contributed by atoms with van der Waals surface area (Å²) in [5.74, 6) is -3.73. The maximum atomic E-state index is 12.4. The first-order valence-electron chi connectivity index (χ1n) is 6.66. The largest absolute Gasteiger partial charge is 0.352 e. The van der Waals surface area contributed by atoms with Gasteiger partial charge in [-0.2, -0.15) is 8.78 Å². The Balaban J connectivity index is 1.94. The molecule has 0 saturated heterocycles. The van der Waals surface area contributed by atoms with Crippen molar-refractivity contribution in [2.24, 2.45) is 0 Å². The molecule has 0 atom stereocenters. The molecule has 8 heteroatoms. The Morgan fingerprint density at radius 1 is 1.13 bits per heavy atom. The van der Waals surface area contributed by atoms with Crippen LogP contribution in [0, 0.1) is 0 Å². The second kappa shape index (κ2) is 7.28. The van der Waals surface area contributed by atoms with Crippen LogP contribution in [0.25, 0.3) is 0 Å². The van der Waals surface area contributed by atoms with Crippen molar-refractivity contribution in [2.45, 2.75) is 23.6 Å². The van der Waals surface area contributed by atoms with E-state index in [1.807, 2.05) is 6.07 Å². The van der Waals surface area contributed by atoms with Crippen molar-refractivity contribution in [1.82, 2.24) is 10.3 Å². The topological polar surface area (TPSA) is 76.1 Å². The lowest BCUT2D eigenvalue weighted by molar-refractivity contribution is -0.120. The van der Waals surface area contributed by atoms with Crippen molar-refractivity contribution >= 4 is 15.7 Å². The molecule has 0 fully saturated rings. The maximum Gasteiger partial charge on any atom is 0.341 e. The Morgan fingerprint density at radius 2 is 1.83 bits per heavy atom. The number of aromatic nitrogens is 1. The normalized spacial score (nSPS) is 11.4. The maximum absolute atomic E-state index is 12.4. The van der Waals surface area contributed by atoms with Crippen molar-refractivity contribution < 1.29 is 22.0 Å². The molecule has 2 rings (SSSR count). The molecular formula is C15H14F2N2O3S. The van der Waals surface area contributed by atoms with E-state index < -0.39 is 20.5 Å². The fourth-order valence-electron chi connectivity index (χ4n) is 1.85. The Kier molecular flexibility index (Phi) is 5.38. The SMILES string of the molecule is O=C(Cc1ccc(S(=O)(=O)C(F)F)cc1)NCc1cccnc1. The highest BCUT2D eigenvalue weighted by atomic mass is 32.2. The van der Waals surface area contributed by atoms with Gasteiger partial charge in [-0.3, -0.25) is 9.78 Å². The van der Waals surface area contributed by atoms with Gasteiger partial charge in [-0.1, -0.05) is 18.2 Å². The minimum absolute atomic E-state index is 0.0231. The molecule has 5 nitrogen and oxygen atoms in total. The highest BCUT2D eigenvalue weighted by Crippen LogP contribution is 2.18. The van der Waals surface area contributed by atoms with E-state index in [0.717, 1.165) is 17.7 Å². The number of hydrogen-bond acceptors (Lipinski definition) is 4. The van der Waals surface area contributed by atoms with Gasteiger partial charge in [0.05, 0.1) is 11.3 Å². The standard InChI is InChI=1S/C15H14F2N2O3S/c16-15(17)23(21,22)13-5-3-11(4-6-13)8-14(20)19-10-12-2-1-7-18-9-12/h1-7,9,15H,8,10H2,(H,19,20). The lowest BCUT2D eigenvalue weighted by atomic mass is 10.1. The molecule has 1 aromatic heterocycles. The summed E-state index contributed by atoms with van der Waals surface area (Å²) in [6, 6.07) is 8.41. The number of carbonyl (C=O) groups excluding carboxylic acids is 1. The number of halogens is 2. The van der Waals surface area contributed by atoms with Gasteiger partial charge in [-0.05, 0) is 29.3 Å². The summed E-state index contributed by atoms with van der Waals surface area (Å²) in [5.41, 5.74) is 1.38. The molecule has 1 amide bonds. The van der Waals surface area contributed by atoms with Gasteiger partial charge in [-0.15, -0.1) is 0 Å². The highest BCUT2D eigenvalue weighted by Gasteiger charge is 2.26. The Bertz CT molecular complexity index is 763. The number of benzene rings is 1. The zero-order chi connectivity index (χ0) is 16.9. The molecule has 0 aliphatic heterocycles. The quantitative estimate of drug-likeness (QED) is 0.872. The number of nitrogens with zero attached hydrogens (tertiary/aromatic N) is 1. The molecule has 0 unspecified atom stereocenters. The van der Waals surface area contributed by atoms with E-state index in [4.69, 9.17) is 0 Å². The van der Waals surface area contributed by atoms with Crippen molar-refractivity contribution in [3.63, 3.8) is 0 Å². The summed E-state index contributed by atoms with van der Waals surface area (Å²) >= 11 is 0. The van der Waals surface area contributed by atoms with Crippen LogP contribution in [-0.4, -0.2) is 25.1 Å². The van der Waals surface area contributed by atoms with Crippen molar-refractivity contribution in [3.8, 4) is 0 Å². The van der Waals surface area contributed by atoms with Gasteiger partial charge in [-0.25, -0.2) is 8.42 Å². The summed E-state index contributed by atoms with van der Waals surface area (Å²) < 4.78 is 47.4. The van der Waals surface area contributed by atoms with Gasteiger partial charge in [0.1, 0.15) is 0 Å². The lowest BCUT2D eigenvalue weighted by Gasteiger charge is -2.07. The van der Waals surface area contributed by atoms with E-state index in [0.29, 0.717) is 12.1 Å². The smallest absolute Gasteiger partial charge is 0.341 e. The first-order chi connectivity index (χ1) is 10.9. The number of pyridine rings is 1. The molecule has 0 aliphatic carbocycles. The van der Waals surface area contributed by atoms with Crippen molar-refractivity contribution in [1.29, 1.82) is 0 Å².